The quantitative estimate of drug-likeness (QED) is 0.384. The van der Waals surface area contributed by atoms with Crippen molar-refractivity contribution in [3.05, 3.63) is 96.0 Å². The second-order valence-corrected chi connectivity index (χ2v) is 8.39. The number of hydrogen-bond acceptors (Lipinski definition) is 3. The number of hydrogen-bond donors (Lipinski definition) is 1. The second-order valence-electron chi connectivity index (χ2n) is 7.98. The first-order chi connectivity index (χ1) is 16.1. The zero-order valence-electron chi connectivity index (χ0n) is 17.7. The molecule has 0 radical (unpaired) electrons. The number of benzene rings is 4. The van der Waals surface area contributed by atoms with Gasteiger partial charge in [0.05, 0.1) is 16.6 Å². The molecule has 1 heterocycles. The fourth-order valence-corrected chi connectivity index (χ4v) is 4.24. The first-order valence-electron chi connectivity index (χ1n) is 10.7. The van der Waals surface area contributed by atoms with Gasteiger partial charge in [0.2, 0.25) is 11.8 Å². The van der Waals surface area contributed by atoms with Crippen molar-refractivity contribution in [1.29, 1.82) is 0 Å². The van der Waals surface area contributed by atoms with E-state index < -0.39 is 5.92 Å². The van der Waals surface area contributed by atoms with Gasteiger partial charge >= 0.3 is 0 Å². The van der Waals surface area contributed by atoms with Crippen LogP contribution >= 0.6 is 11.6 Å². The molecule has 2 amide bonds. The largest absolute Gasteiger partial charge is 0.457 e. The van der Waals surface area contributed by atoms with Crippen LogP contribution in [0.3, 0.4) is 0 Å². The molecule has 5 rings (SSSR count). The van der Waals surface area contributed by atoms with Gasteiger partial charge in [-0.05, 0) is 59.3 Å². The summed E-state index contributed by atoms with van der Waals surface area (Å²) in [4.78, 5) is 26.8. The summed E-state index contributed by atoms with van der Waals surface area (Å²) in [5.74, 6) is 0.671. The lowest BCUT2D eigenvalue weighted by Crippen LogP contribution is -2.28. The van der Waals surface area contributed by atoms with Gasteiger partial charge in [-0.3, -0.25) is 9.59 Å². The number of nitrogens with zero attached hydrogens (tertiary/aromatic N) is 1. The standard InChI is InChI=1S/C27H21ClN2O3/c28-24-7-3-4-8-25(24)30-17-20(16-26(30)31)27(32)29-21-10-13-22(14-11-21)33-23-12-9-18-5-1-2-6-19(18)15-23/h1-15,20H,16-17H2,(H,29,32)/t20-/m0/s1. The number of halogens is 1. The van der Waals surface area contributed by atoms with Crippen LogP contribution in [0, 0.1) is 5.92 Å². The maximum atomic E-state index is 12.8. The van der Waals surface area contributed by atoms with E-state index in [0.717, 1.165) is 16.5 Å². The topological polar surface area (TPSA) is 58.6 Å². The van der Waals surface area contributed by atoms with Crippen LogP contribution in [0.25, 0.3) is 10.8 Å². The van der Waals surface area contributed by atoms with Crippen LogP contribution in [-0.4, -0.2) is 18.4 Å². The van der Waals surface area contributed by atoms with E-state index in [0.29, 0.717) is 28.7 Å². The Kier molecular flexibility index (Phi) is 5.71. The van der Waals surface area contributed by atoms with E-state index in [9.17, 15) is 9.59 Å². The molecule has 0 spiro atoms. The minimum Gasteiger partial charge on any atom is -0.457 e. The lowest BCUT2D eigenvalue weighted by molar-refractivity contribution is -0.122. The van der Waals surface area contributed by atoms with Crippen LogP contribution in [0.2, 0.25) is 5.02 Å². The molecule has 1 atom stereocenters. The Bertz CT molecular complexity index is 1340. The van der Waals surface area contributed by atoms with E-state index in [1.54, 1.807) is 41.3 Å². The summed E-state index contributed by atoms with van der Waals surface area (Å²) < 4.78 is 5.96. The van der Waals surface area contributed by atoms with Gasteiger partial charge in [0, 0.05) is 18.7 Å². The van der Waals surface area contributed by atoms with Gasteiger partial charge in [-0.1, -0.05) is 54.1 Å². The third-order valence-corrected chi connectivity index (χ3v) is 6.04. The Labute approximate surface area is 196 Å². The van der Waals surface area contributed by atoms with Gasteiger partial charge in [0.1, 0.15) is 11.5 Å². The molecular weight excluding hydrogens is 436 g/mol. The minimum absolute atomic E-state index is 0.109. The first kappa shape index (κ1) is 21.0. The molecule has 4 aromatic carbocycles. The highest BCUT2D eigenvalue weighted by Crippen LogP contribution is 2.32. The zero-order valence-corrected chi connectivity index (χ0v) is 18.5. The molecule has 1 aliphatic heterocycles. The number of anilines is 2. The lowest BCUT2D eigenvalue weighted by Gasteiger charge is -2.18. The predicted molar refractivity (Wildman–Crippen MR) is 131 cm³/mol. The van der Waals surface area contributed by atoms with Crippen molar-refractivity contribution in [2.45, 2.75) is 6.42 Å². The molecule has 0 aliphatic carbocycles. The van der Waals surface area contributed by atoms with E-state index in [1.165, 1.54) is 0 Å². The number of fused-ring (bicyclic) bond motifs is 1. The highest BCUT2D eigenvalue weighted by atomic mass is 35.5. The molecule has 4 aromatic rings. The Morgan fingerprint density at radius 2 is 1.58 bits per heavy atom. The van der Waals surface area contributed by atoms with Crippen molar-refractivity contribution in [3.8, 4) is 11.5 Å². The monoisotopic (exact) mass is 456 g/mol. The van der Waals surface area contributed by atoms with E-state index in [2.05, 4.69) is 11.4 Å². The third kappa shape index (κ3) is 4.54. The summed E-state index contributed by atoms with van der Waals surface area (Å²) in [6.07, 6.45) is 0.153. The third-order valence-electron chi connectivity index (χ3n) is 5.72. The van der Waals surface area contributed by atoms with Gasteiger partial charge < -0.3 is 15.0 Å². The molecule has 1 aliphatic rings. The van der Waals surface area contributed by atoms with Crippen LogP contribution < -0.4 is 15.0 Å². The van der Waals surface area contributed by atoms with Crippen molar-refractivity contribution < 1.29 is 14.3 Å². The van der Waals surface area contributed by atoms with Gasteiger partial charge in [0.15, 0.2) is 0 Å². The summed E-state index contributed by atoms with van der Waals surface area (Å²) in [6.45, 7) is 0.303. The van der Waals surface area contributed by atoms with Crippen molar-refractivity contribution in [3.63, 3.8) is 0 Å². The van der Waals surface area contributed by atoms with Gasteiger partial charge in [0.25, 0.3) is 0 Å². The van der Waals surface area contributed by atoms with Crippen LogP contribution in [0.5, 0.6) is 11.5 Å². The fourth-order valence-electron chi connectivity index (χ4n) is 4.00. The molecule has 33 heavy (non-hydrogen) atoms. The maximum absolute atomic E-state index is 12.8. The molecule has 6 heteroatoms. The Hall–Kier alpha value is -3.83. The number of amides is 2. The summed E-state index contributed by atoms with van der Waals surface area (Å²) in [5, 5.41) is 5.66. The van der Waals surface area contributed by atoms with Crippen LogP contribution in [0.4, 0.5) is 11.4 Å². The average molecular weight is 457 g/mol. The molecule has 1 N–H and O–H groups in total. The minimum atomic E-state index is -0.442. The Balaban J connectivity index is 1.22. The molecule has 5 nitrogen and oxygen atoms in total. The second kappa shape index (κ2) is 8.96. The number of carbonyl (C=O) groups is 2. The normalized spacial score (nSPS) is 15.6. The number of nitrogens with one attached hydrogen (secondary N) is 1. The smallest absolute Gasteiger partial charge is 0.229 e. The summed E-state index contributed by atoms with van der Waals surface area (Å²) in [5.41, 5.74) is 1.28. The van der Waals surface area contributed by atoms with E-state index >= 15 is 0 Å². The van der Waals surface area contributed by atoms with Crippen molar-refractivity contribution in [2.24, 2.45) is 5.92 Å². The molecule has 164 valence electrons. The Morgan fingerprint density at radius 1 is 0.879 bits per heavy atom. The van der Waals surface area contributed by atoms with Crippen molar-refractivity contribution >= 4 is 45.6 Å². The highest BCUT2D eigenvalue weighted by molar-refractivity contribution is 6.33. The summed E-state index contributed by atoms with van der Waals surface area (Å²) in [6, 6.07) is 28.4. The van der Waals surface area contributed by atoms with E-state index in [4.69, 9.17) is 16.3 Å². The summed E-state index contributed by atoms with van der Waals surface area (Å²) in [7, 11) is 0. The maximum Gasteiger partial charge on any atom is 0.229 e. The SMILES string of the molecule is O=C(Nc1ccc(Oc2ccc3ccccc3c2)cc1)[C@H]1CC(=O)N(c2ccccc2Cl)C1. The predicted octanol–water partition coefficient (Wildman–Crippen LogP) is 6.28. The van der Waals surface area contributed by atoms with Crippen molar-refractivity contribution in [1.82, 2.24) is 0 Å². The molecule has 0 saturated carbocycles. The fraction of sp³-hybridized carbons (Fsp3) is 0.111. The molecule has 0 bridgehead atoms. The molecule has 0 aromatic heterocycles. The van der Waals surface area contributed by atoms with Crippen molar-refractivity contribution in [2.75, 3.05) is 16.8 Å². The van der Waals surface area contributed by atoms with Gasteiger partial charge in [-0.15, -0.1) is 0 Å². The summed E-state index contributed by atoms with van der Waals surface area (Å²) >= 11 is 6.22. The van der Waals surface area contributed by atoms with Gasteiger partial charge in [-0.2, -0.15) is 0 Å². The lowest BCUT2D eigenvalue weighted by atomic mass is 10.1. The molecule has 1 saturated heterocycles. The number of ether oxygens (including phenoxy) is 1. The first-order valence-corrected chi connectivity index (χ1v) is 11.1. The molecular formula is C27H21ClN2O3. The number of rotatable bonds is 5. The molecule has 0 unspecified atom stereocenters. The van der Waals surface area contributed by atoms with Crippen LogP contribution in [0.15, 0.2) is 91.0 Å². The number of para-hydroxylation sites is 1. The molecule has 1 fully saturated rings. The Morgan fingerprint density at radius 3 is 2.36 bits per heavy atom. The van der Waals surface area contributed by atoms with Crippen LogP contribution in [0.1, 0.15) is 6.42 Å². The van der Waals surface area contributed by atoms with E-state index in [-0.39, 0.29) is 18.2 Å². The van der Waals surface area contributed by atoms with E-state index in [1.807, 2.05) is 48.5 Å². The zero-order chi connectivity index (χ0) is 22.8. The van der Waals surface area contributed by atoms with Crippen LogP contribution in [-0.2, 0) is 9.59 Å². The van der Waals surface area contributed by atoms with Gasteiger partial charge in [-0.25, -0.2) is 0 Å². The number of carbonyl (C=O) groups excluding carboxylic acids is 2. The average Bonchev–Trinajstić information content (AvgIpc) is 3.22. The highest BCUT2D eigenvalue weighted by Gasteiger charge is 2.35.